The molecule has 1 aromatic rings. The van der Waals surface area contributed by atoms with Gasteiger partial charge in [-0.05, 0) is 19.3 Å². The Morgan fingerprint density at radius 1 is 1.52 bits per heavy atom. The number of aromatic nitrogens is 3. The van der Waals surface area contributed by atoms with Crippen LogP contribution in [0.4, 0.5) is 0 Å². The lowest BCUT2D eigenvalue weighted by molar-refractivity contribution is -0.143. The minimum Gasteiger partial charge on any atom is -0.366 e. The zero-order chi connectivity index (χ0) is 14.7. The Bertz CT molecular complexity index is 525. The topological polar surface area (TPSA) is 71.1 Å². The predicted molar refractivity (Wildman–Crippen MR) is 77.5 cm³/mol. The van der Waals surface area contributed by atoms with Gasteiger partial charge in [0.2, 0.25) is 5.91 Å². The van der Waals surface area contributed by atoms with Gasteiger partial charge >= 0.3 is 0 Å². The molecule has 1 N–H and O–H groups in total. The number of nitrogens with one attached hydrogen (secondary N) is 1. The van der Waals surface area contributed by atoms with E-state index < -0.39 is 0 Å². The van der Waals surface area contributed by atoms with Gasteiger partial charge in [-0.1, -0.05) is 19.1 Å². The number of hydrogen-bond acceptors (Lipinski definition) is 4. The number of aryl methyl sites for hydroxylation is 1. The van der Waals surface area contributed by atoms with Crippen LogP contribution in [0.2, 0.25) is 0 Å². The van der Waals surface area contributed by atoms with Crippen LogP contribution in [0.5, 0.6) is 0 Å². The van der Waals surface area contributed by atoms with Gasteiger partial charge in [-0.3, -0.25) is 9.89 Å². The Morgan fingerprint density at radius 3 is 3.14 bits per heavy atom. The number of H-pyrrole nitrogens is 1. The third kappa shape index (κ3) is 3.15. The van der Waals surface area contributed by atoms with Gasteiger partial charge in [-0.15, -0.1) is 0 Å². The highest BCUT2D eigenvalue weighted by Crippen LogP contribution is 2.25. The average Bonchev–Trinajstić information content (AvgIpc) is 3.04. The predicted octanol–water partition coefficient (Wildman–Crippen LogP) is 1.62. The Morgan fingerprint density at radius 2 is 2.43 bits per heavy atom. The molecule has 1 aliphatic carbocycles. The van der Waals surface area contributed by atoms with Crippen LogP contribution >= 0.6 is 0 Å². The van der Waals surface area contributed by atoms with Gasteiger partial charge in [-0.2, -0.15) is 5.10 Å². The standard InChI is InChI=1S/C15H22N4O2/c1-2-13-16-14(18-17-13)12-10-19(8-9-21-12)15(20)11-6-4-3-5-7-11/h3-4,11-12H,2,5-10H2,1H3,(H,16,17,18)/t11-,12-/m1/s1. The number of carbonyl (C=O) groups excluding carboxylic acids is 1. The molecule has 2 heterocycles. The Kier molecular flexibility index (Phi) is 4.34. The molecule has 1 aliphatic heterocycles. The number of ether oxygens (including phenoxy) is 1. The number of carbonyl (C=O) groups is 1. The number of amides is 1. The SMILES string of the molecule is CCc1nc([C@H]2CN(C(=O)[C@@H]3CC=CCC3)CCO2)n[nH]1. The van der Waals surface area contributed by atoms with Crippen LogP contribution in [0.3, 0.4) is 0 Å². The van der Waals surface area contributed by atoms with Gasteiger partial charge in [0.1, 0.15) is 11.9 Å². The summed E-state index contributed by atoms with van der Waals surface area (Å²) in [6.07, 6.45) is 7.71. The molecule has 0 saturated carbocycles. The summed E-state index contributed by atoms with van der Waals surface area (Å²) in [6, 6.07) is 0. The molecule has 0 radical (unpaired) electrons. The summed E-state index contributed by atoms with van der Waals surface area (Å²) >= 11 is 0. The number of rotatable bonds is 3. The summed E-state index contributed by atoms with van der Waals surface area (Å²) in [5.41, 5.74) is 0. The van der Waals surface area contributed by atoms with E-state index in [1.807, 2.05) is 11.8 Å². The number of hydrogen-bond donors (Lipinski definition) is 1. The van der Waals surface area contributed by atoms with Crippen LogP contribution in [-0.4, -0.2) is 45.7 Å². The van der Waals surface area contributed by atoms with E-state index in [2.05, 4.69) is 27.3 Å². The molecule has 3 rings (SSSR count). The van der Waals surface area contributed by atoms with E-state index >= 15 is 0 Å². The second-order valence-electron chi connectivity index (χ2n) is 5.62. The maximum atomic E-state index is 12.6. The fourth-order valence-corrected chi connectivity index (χ4v) is 2.89. The minimum absolute atomic E-state index is 0.132. The maximum Gasteiger partial charge on any atom is 0.226 e. The monoisotopic (exact) mass is 290 g/mol. The fraction of sp³-hybridized carbons (Fsp3) is 0.667. The van der Waals surface area contributed by atoms with Gasteiger partial charge in [0.25, 0.3) is 0 Å². The van der Waals surface area contributed by atoms with Crippen molar-refractivity contribution < 1.29 is 9.53 Å². The molecule has 0 spiro atoms. The van der Waals surface area contributed by atoms with Crippen LogP contribution in [0, 0.1) is 5.92 Å². The van der Waals surface area contributed by atoms with E-state index in [-0.39, 0.29) is 17.9 Å². The summed E-state index contributed by atoms with van der Waals surface area (Å²) in [7, 11) is 0. The van der Waals surface area contributed by atoms with E-state index in [0.717, 1.165) is 31.5 Å². The van der Waals surface area contributed by atoms with Crippen molar-refractivity contribution in [3.05, 3.63) is 23.8 Å². The quantitative estimate of drug-likeness (QED) is 0.859. The van der Waals surface area contributed by atoms with Crippen LogP contribution in [-0.2, 0) is 16.0 Å². The molecule has 2 atom stereocenters. The molecule has 1 aromatic heterocycles. The lowest BCUT2D eigenvalue weighted by Gasteiger charge is -2.34. The van der Waals surface area contributed by atoms with Crippen LogP contribution in [0.15, 0.2) is 12.2 Å². The molecule has 114 valence electrons. The summed E-state index contributed by atoms with van der Waals surface area (Å²) in [5, 5.41) is 7.11. The highest BCUT2D eigenvalue weighted by atomic mass is 16.5. The number of allylic oxidation sites excluding steroid dienone is 2. The normalized spacial score (nSPS) is 26.0. The zero-order valence-electron chi connectivity index (χ0n) is 12.4. The second kappa shape index (κ2) is 6.39. The first-order valence-corrected chi connectivity index (χ1v) is 7.74. The minimum atomic E-state index is -0.210. The van der Waals surface area contributed by atoms with Crippen LogP contribution < -0.4 is 0 Å². The number of aromatic amines is 1. The van der Waals surface area contributed by atoms with Crippen molar-refractivity contribution in [1.82, 2.24) is 20.1 Å². The molecule has 1 fully saturated rings. The lowest BCUT2D eigenvalue weighted by Crippen LogP contribution is -2.45. The highest BCUT2D eigenvalue weighted by Gasteiger charge is 2.31. The molecule has 21 heavy (non-hydrogen) atoms. The lowest BCUT2D eigenvalue weighted by atomic mass is 9.93. The molecule has 6 heteroatoms. The number of nitrogens with zero attached hydrogens (tertiary/aromatic N) is 3. The molecule has 0 bridgehead atoms. The highest BCUT2D eigenvalue weighted by molar-refractivity contribution is 5.79. The smallest absolute Gasteiger partial charge is 0.226 e. The molecule has 0 unspecified atom stereocenters. The van der Waals surface area contributed by atoms with Crippen molar-refractivity contribution >= 4 is 5.91 Å². The summed E-state index contributed by atoms with van der Waals surface area (Å²) in [5.74, 6) is 1.90. The van der Waals surface area contributed by atoms with E-state index in [0.29, 0.717) is 25.5 Å². The van der Waals surface area contributed by atoms with Gasteiger partial charge in [-0.25, -0.2) is 4.98 Å². The average molecular weight is 290 g/mol. The van der Waals surface area contributed by atoms with Crippen LogP contribution in [0.1, 0.15) is 43.9 Å². The third-order valence-electron chi connectivity index (χ3n) is 4.17. The second-order valence-corrected chi connectivity index (χ2v) is 5.62. The van der Waals surface area contributed by atoms with Crippen molar-refractivity contribution in [3.63, 3.8) is 0 Å². The van der Waals surface area contributed by atoms with Gasteiger partial charge in [0, 0.05) is 18.9 Å². The van der Waals surface area contributed by atoms with Crippen molar-refractivity contribution in [2.24, 2.45) is 5.92 Å². The maximum absolute atomic E-state index is 12.6. The molecular formula is C15H22N4O2. The largest absolute Gasteiger partial charge is 0.366 e. The van der Waals surface area contributed by atoms with Gasteiger partial charge in [0.15, 0.2) is 5.82 Å². The van der Waals surface area contributed by atoms with E-state index in [4.69, 9.17) is 4.74 Å². The van der Waals surface area contributed by atoms with Crippen molar-refractivity contribution in [3.8, 4) is 0 Å². The van der Waals surface area contributed by atoms with Gasteiger partial charge in [0.05, 0.1) is 13.2 Å². The van der Waals surface area contributed by atoms with Crippen molar-refractivity contribution in [1.29, 1.82) is 0 Å². The molecule has 1 amide bonds. The first kappa shape index (κ1) is 14.3. The molecule has 2 aliphatic rings. The molecular weight excluding hydrogens is 268 g/mol. The molecule has 0 aromatic carbocycles. The summed E-state index contributed by atoms with van der Waals surface area (Å²) < 4.78 is 5.74. The molecule has 1 saturated heterocycles. The third-order valence-corrected chi connectivity index (χ3v) is 4.17. The summed E-state index contributed by atoms with van der Waals surface area (Å²) in [6.45, 7) is 3.80. The Labute approximate surface area is 124 Å². The van der Waals surface area contributed by atoms with Crippen molar-refractivity contribution in [2.75, 3.05) is 19.7 Å². The first-order valence-electron chi connectivity index (χ1n) is 7.74. The van der Waals surface area contributed by atoms with E-state index in [9.17, 15) is 4.79 Å². The Hall–Kier alpha value is -1.69. The zero-order valence-corrected chi connectivity index (χ0v) is 12.4. The fourth-order valence-electron chi connectivity index (χ4n) is 2.89. The Balaban J connectivity index is 1.64. The number of morpholine rings is 1. The van der Waals surface area contributed by atoms with E-state index in [1.54, 1.807) is 0 Å². The summed E-state index contributed by atoms with van der Waals surface area (Å²) in [4.78, 5) is 18.9. The molecule has 6 nitrogen and oxygen atoms in total. The van der Waals surface area contributed by atoms with E-state index in [1.165, 1.54) is 0 Å². The first-order chi connectivity index (χ1) is 10.3. The van der Waals surface area contributed by atoms with Gasteiger partial charge < -0.3 is 9.64 Å². The van der Waals surface area contributed by atoms with Crippen LogP contribution in [0.25, 0.3) is 0 Å². The van der Waals surface area contributed by atoms with Crippen molar-refractivity contribution in [2.45, 2.75) is 38.7 Å².